The van der Waals surface area contributed by atoms with Crippen LogP contribution < -0.4 is 0 Å². The van der Waals surface area contributed by atoms with Crippen LogP contribution in [0.4, 0.5) is 0 Å². The van der Waals surface area contributed by atoms with Crippen molar-refractivity contribution in [3.05, 3.63) is 36.8 Å². The molecular formula is C14H18N4O2S. The van der Waals surface area contributed by atoms with Gasteiger partial charge in [0.05, 0.1) is 12.4 Å². The Morgan fingerprint density at radius 3 is 2.90 bits per heavy atom. The van der Waals surface area contributed by atoms with E-state index in [9.17, 15) is 8.42 Å². The van der Waals surface area contributed by atoms with Gasteiger partial charge in [0.1, 0.15) is 4.90 Å². The molecule has 3 heterocycles. The topological polar surface area (TPSA) is 68.1 Å². The highest BCUT2D eigenvalue weighted by Crippen LogP contribution is 2.23. The average molecular weight is 306 g/mol. The normalized spacial score (nSPS) is 20.5. The third-order valence-electron chi connectivity index (χ3n) is 3.70. The molecule has 0 unspecified atom stereocenters. The van der Waals surface area contributed by atoms with E-state index < -0.39 is 10.0 Å². The minimum absolute atomic E-state index is 0.224. The molecule has 21 heavy (non-hydrogen) atoms. The minimum Gasteiger partial charge on any atom is -0.237 e. The number of rotatable bonds is 3. The first-order valence-corrected chi connectivity index (χ1v) is 8.47. The molecule has 2 aromatic rings. The molecule has 3 rings (SSSR count). The van der Waals surface area contributed by atoms with Crippen LogP contribution in [-0.4, -0.2) is 40.6 Å². The fourth-order valence-corrected chi connectivity index (χ4v) is 4.10. The predicted molar refractivity (Wildman–Crippen MR) is 78.5 cm³/mol. The molecule has 0 aliphatic carbocycles. The summed E-state index contributed by atoms with van der Waals surface area (Å²) in [5.74, 6) is 1.00. The van der Waals surface area contributed by atoms with Gasteiger partial charge in [-0.3, -0.25) is 0 Å². The smallest absolute Gasteiger partial charge is 0.237 e. The van der Waals surface area contributed by atoms with Crippen molar-refractivity contribution >= 4 is 10.0 Å². The number of pyridine rings is 1. The highest BCUT2D eigenvalue weighted by molar-refractivity contribution is 7.89. The van der Waals surface area contributed by atoms with Gasteiger partial charge in [-0.15, -0.1) is 0 Å². The Balaban J connectivity index is 1.88. The fourth-order valence-electron chi connectivity index (χ4n) is 2.57. The maximum absolute atomic E-state index is 12.6. The second-order valence-electron chi connectivity index (χ2n) is 5.42. The van der Waals surface area contributed by atoms with Gasteiger partial charge in [0.25, 0.3) is 0 Å². The molecule has 0 amide bonds. The monoisotopic (exact) mass is 306 g/mol. The van der Waals surface area contributed by atoms with Gasteiger partial charge >= 0.3 is 0 Å². The maximum Gasteiger partial charge on any atom is 0.246 e. The number of hydrogen-bond acceptors (Lipinski definition) is 4. The zero-order valence-electron chi connectivity index (χ0n) is 11.9. The van der Waals surface area contributed by atoms with Gasteiger partial charge in [-0.2, -0.15) is 9.40 Å². The highest BCUT2D eigenvalue weighted by Gasteiger charge is 2.29. The summed E-state index contributed by atoms with van der Waals surface area (Å²) >= 11 is 0. The second-order valence-corrected chi connectivity index (χ2v) is 7.36. The Kier molecular flexibility index (Phi) is 3.77. The molecule has 1 aliphatic heterocycles. The van der Waals surface area contributed by atoms with Gasteiger partial charge < -0.3 is 0 Å². The summed E-state index contributed by atoms with van der Waals surface area (Å²) in [6.45, 7) is 3.25. The minimum atomic E-state index is -3.46. The largest absolute Gasteiger partial charge is 0.246 e. The Morgan fingerprint density at radius 1 is 1.33 bits per heavy atom. The van der Waals surface area contributed by atoms with Gasteiger partial charge in [0, 0.05) is 19.3 Å². The van der Waals surface area contributed by atoms with Crippen molar-refractivity contribution in [3.8, 4) is 5.82 Å². The van der Waals surface area contributed by atoms with Crippen LogP contribution >= 0.6 is 0 Å². The van der Waals surface area contributed by atoms with Crippen LogP contribution in [0.1, 0.15) is 19.8 Å². The van der Waals surface area contributed by atoms with Gasteiger partial charge in [-0.05, 0) is 30.9 Å². The lowest BCUT2D eigenvalue weighted by Crippen LogP contribution is -2.38. The Hall–Kier alpha value is -1.73. The van der Waals surface area contributed by atoms with E-state index in [1.54, 1.807) is 22.6 Å². The van der Waals surface area contributed by atoms with Crippen molar-refractivity contribution in [1.82, 2.24) is 19.1 Å². The molecule has 0 saturated carbocycles. The van der Waals surface area contributed by atoms with Gasteiger partial charge in [-0.1, -0.05) is 13.0 Å². The van der Waals surface area contributed by atoms with Crippen molar-refractivity contribution in [3.63, 3.8) is 0 Å². The quantitative estimate of drug-likeness (QED) is 0.865. The SMILES string of the molecule is C[C@@H]1CCCN(S(=O)(=O)c2cnn(-c3ccccn3)c2)C1. The molecule has 7 heteroatoms. The molecule has 0 N–H and O–H groups in total. The van der Waals surface area contributed by atoms with E-state index in [-0.39, 0.29) is 4.90 Å². The lowest BCUT2D eigenvalue weighted by Gasteiger charge is -2.29. The van der Waals surface area contributed by atoms with Crippen LogP contribution in [0.2, 0.25) is 0 Å². The molecule has 6 nitrogen and oxygen atoms in total. The molecule has 1 atom stereocenters. The average Bonchev–Trinajstić information content (AvgIpc) is 2.99. The summed E-state index contributed by atoms with van der Waals surface area (Å²) in [6.07, 6.45) is 6.56. The number of piperidine rings is 1. The standard InChI is InChI=1S/C14H18N4O2S/c1-12-5-4-8-17(10-12)21(19,20)13-9-16-18(11-13)14-6-2-3-7-15-14/h2-3,6-7,9,11-12H,4-5,8,10H2,1H3/t12-/m1/s1. The molecule has 1 saturated heterocycles. The van der Waals surface area contributed by atoms with E-state index >= 15 is 0 Å². The summed E-state index contributed by atoms with van der Waals surface area (Å²) in [7, 11) is -3.46. The number of aromatic nitrogens is 3. The molecule has 112 valence electrons. The molecule has 0 radical (unpaired) electrons. The fraction of sp³-hybridized carbons (Fsp3) is 0.429. The Bertz CT molecular complexity index is 712. The lowest BCUT2D eigenvalue weighted by molar-refractivity contribution is 0.281. The van der Waals surface area contributed by atoms with Crippen molar-refractivity contribution in [1.29, 1.82) is 0 Å². The van der Waals surface area contributed by atoms with E-state index in [1.807, 2.05) is 6.07 Å². The summed E-state index contributed by atoms with van der Waals surface area (Å²) in [4.78, 5) is 4.39. The number of hydrogen-bond donors (Lipinski definition) is 0. The molecule has 0 aromatic carbocycles. The molecule has 0 spiro atoms. The van der Waals surface area contributed by atoms with Gasteiger partial charge in [0.15, 0.2) is 5.82 Å². The Labute approximate surface area is 124 Å². The number of sulfonamides is 1. The first-order chi connectivity index (χ1) is 10.1. The van der Waals surface area contributed by atoms with Crippen LogP contribution in [0.25, 0.3) is 5.82 Å². The van der Waals surface area contributed by atoms with E-state index in [0.29, 0.717) is 24.8 Å². The maximum atomic E-state index is 12.6. The summed E-state index contributed by atoms with van der Waals surface area (Å²) in [5, 5.41) is 4.11. The van der Waals surface area contributed by atoms with E-state index in [0.717, 1.165) is 12.8 Å². The van der Waals surface area contributed by atoms with Crippen molar-refractivity contribution < 1.29 is 8.42 Å². The second kappa shape index (κ2) is 5.57. The van der Waals surface area contributed by atoms with E-state index in [1.165, 1.54) is 17.1 Å². The predicted octanol–water partition coefficient (Wildman–Crippen LogP) is 1.69. The third kappa shape index (κ3) is 2.84. The molecule has 2 aromatic heterocycles. The van der Waals surface area contributed by atoms with Crippen molar-refractivity contribution in [2.24, 2.45) is 5.92 Å². The van der Waals surface area contributed by atoms with Crippen molar-refractivity contribution in [2.75, 3.05) is 13.1 Å². The van der Waals surface area contributed by atoms with E-state index in [2.05, 4.69) is 17.0 Å². The van der Waals surface area contributed by atoms with Crippen molar-refractivity contribution in [2.45, 2.75) is 24.7 Å². The zero-order chi connectivity index (χ0) is 14.9. The van der Waals surface area contributed by atoms with Crippen LogP contribution in [0, 0.1) is 5.92 Å². The van der Waals surface area contributed by atoms with Gasteiger partial charge in [-0.25, -0.2) is 18.1 Å². The first kappa shape index (κ1) is 14.2. The molecule has 0 bridgehead atoms. The molecule has 1 fully saturated rings. The third-order valence-corrected chi connectivity index (χ3v) is 5.52. The summed E-state index contributed by atoms with van der Waals surface area (Å²) in [6, 6.07) is 5.43. The highest BCUT2D eigenvalue weighted by atomic mass is 32.2. The molecule has 1 aliphatic rings. The first-order valence-electron chi connectivity index (χ1n) is 7.03. The van der Waals surface area contributed by atoms with Crippen LogP contribution in [0.15, 0.2) is 41.7 Å². The van der Waals surface area contributed by atoms with E-state index in [4.69, 9.17) is 0 Å². The Morgan fingerprint density at radius 2 is 2.19 bits per heavy atom. The summed E-state index contributed by atoms with van der Waals surface area (Å²) in [5.41, 5.74) is 0. The van der Waals surface area contributed by atoms with Crippen LogP contribution in [0.5, 0.6) is 0 Å². The van der Waals surface area contributed by atoms with Crippen LogP contribution in [0.3, 0.4) is 0 Å². The molecular weight excluding hydrogens is 288 g/mol. The van der Waals surface area contributed by atoms with Crippen LogP contribution in [-0.2, 0) is 10.0 Å². The number of nitrogens with zero attached hydrogens (tertiary/aromatic N) is 4. The lowest BCUT2D eigenvalue weighted by atomic mass is 10.0. The van der Waals surface area contributed by atoms with Gasteiger partial charge in [0.2, 0.25) is 10.0 Å². The zero-order valence-corrected chi connectivity index (χ0v) is 12.7. The summed E-state index contributed by atoms with van der Waals surface area (Å²) < 4.78 is 28.3.